The molecule has 1 heterocycles. The first-order chi connectivity index (χ1) is 8.39. The maximum Gasteiger partial charge on any atom is 0.304 e. The molecule has 0 aliphatic carbocycles. The summed E-state index contributed by atoms with van der Waals surface area (Å²) in [4.78, 5) is 13.2. The summed E-state index contributed by atoms with van der Waals surface area (Å²) in [5.74, 6) is 0.0844. The van der Waals surface area contributed by atoms with E-state index < -0.39 is 10.0 Å². The highest BCUT2D eigenvalue weighted by molar-refractivity contribution is 7.89. The van der Waals surface area contributed by atoms with Crippen LogP contribution in [0.1, 0.15) is 26.0 Å². The fraction of sp³-hybridized carbons (Fsp3) is 0.700. The smallest absolute Gasteiger partial charge is 0.304 e. The van der Waals surface area contributed by atoms with Crippen LogP contribution in [0.4, 0.5) is 0 Å². The molecule has 3 N–H and O–H groups in total. The summed E-state index contributed by atoms with van der Waals surface area (Å²) in [6.45, 7) is 4.84. The standard InChI is InChI=1S/C10H19N3O3S2/c1-8(2)11-4-3-5-18(15,16)12-6-9-7-17-10(14)13-9/h7-8,11-12H,3-6H2,1-2H3,(H,13,14). The molecular weight excluding hydrogens is 274 g/mol. The summed E-state index contributed by atoms with van der Waals surface area (Å²) >= 11 is 1.02. The van der Waals surface area contributed by atoms with Crippen molar-refractivity contribution in [1.29, 1.82) is 0 Å². The number of hydrogen-bond acceptors (Lipinski definition) is 5. The fourth-order valence-electron chi connectivity index (χ4n) is 1.31. The molecule has 0 aliphatic heterocycles. The van der Waals surface area contributed by atoms with E-state index in [-0.39, 0.29) is 17.2 Å². The van der Waals surface area contributed by atoms with Gasteiger partial charge in [0.25, 0.3) is 0 Å². The molecule has 0 aliphatic rings. The normalized spacial score (nSPS) is 12.2. The minimum absolute atomic E-state index is 0.0844. The molecule has 0 fully saturated rings. The van der Waals surface area contributed by atoms with Crippen LogP contribution in [0.5, 0.6) is 0 Å². The second-order valence-electron chi connectivity index (χ2n) is 4.28. The summed E-state index contributed by atoms with van der Waals surface area (Å²) in [5, 5.41) is 4.77. The predicted molar refractivity (Wildman–Crippen MR) is 73.3 cm³/mol. The van der Waals surface area contributed by atoms with Gasteiger partial charge in [-0.3, -0.25) is 4.79 Å². The quantitative estimate of drug-likeness (QED) is 0.599. The number of thiazole rings is 1. The lowest BCUT2D eigenvalue weighted by atomic mass is 10.4. The van der Waals surface area contributed by atoms with E-state index in [1.54, 1.807) is 5.38 Å². The molecule has 0 unspecified atom stereocenters. The van der Waals surface area contributed by atoms with E-state index in [2.05, 4.69) is 15.0 Å². The third-order valence-electron chi connectivity index (χ3n) is 2.20. The highest BCUT2D eigenvalue weighted by Crippen LogP contribution is 1.97. The number of hydrogen-bond donors (Lipinski definition) is 3. The molecule has 1 aromatic heterocycles. The Morgan fingerprint density at radius 3 is 2.72 bits per heavy atom. The molecule has 18 heavy (non-hydrogen) atoms. The van der Waals surface area contributed by atoms with Crippen molar-refractivity contribution in [2.45, 2.75) is 32.9 Å². The lowest BCUT2D eigenvalue weighted by Crippen LogP contribution is -2.30. The van der Waals surface area contributed by atoms with Crippen molar-refractivity contribution in [3.05, 3.63) is 20.7 Å². The zero-order valence-corrected chi connectivity index (χ0v) is 12.2. The van der Waals surface area contributed by atoms with Gasteiger partial charge in [-0.05, 0) is 13.0 Å². The van der Waals surface area contributed by atoms with Crippen LogP contribution >= 0.6 is 11.3 Å². The van der Waals surface area contributed by atoms with Crippen LogP contribution in [0.15, 0.2) is 10.2 Å². The molecule has 1 aromatic rings. The Labute approximate surface area is 111 Å². The van der Waals surface area contributed by atoms with Gasteiger partial charge < -0.3 is 10.3 Å². The summed E-state index contributed by atoms with van der Waals surface area (Å²) < 4.78 is 25.7. The Morgan fingerprint density at radius 1 is 1.44 bits per heavy atom. The second-order valence-corrected chi connectivity index (χ2v) is 7.04. The van der Waals surface area contributed by atoms with Gasteiger partial charge in [0.05, 0.1) is 12.3 Å². The van der Waals surface area contributed by atoms with Crippen LogP contribution in [0.3, 0.4) is 0 Å². The molecule has 0 atom stereocenters. The minimum Gasteiger partial charge on any atom is -0.315 e. The topological polar surface area (TPSA) is 91.1 Å². The largest absolute Gasteiger partial charge is 0.315 e. The van der Waals surface area contributed by atoms with Crippen molar-refractivity contribution in [3.63, 3.8) is 0 Å². The lowest BCUT2D eigenvalue weighted by Gasteiger charge is -2.08. The lowest BCUT2D eigenvalue weighted by molar-refractivity contribution is 0.560. The van der Waals surface area contributed by atoms with Crippen molar-refractivity contribution in [2.24, 2.45) is 0 Å². The molecule has 1 rings (SSSR count). The maximum atomic E-state index is 11.6. The minimum atomic E-state index is -3.28. The van der Waals surface area contributed by atoms with Gasteiger partial charge in [-0.25, -0.2) is 13.1 Å². The number of rotatable bonds is 8. The zero-order chi connectivity index (χ0) is 13.6. The van der Waals surface area contributed by atoms with Crippen LogP contribution in [0.25, 0.3) is 0 Å². The summed E-state index contributed by atoms with van der Waals surface area (Å²) in [5.41, 5.74) is 0.592. The van der Waals surface area contributed by atoms with E-state index in [0.29, 0.717) is 24.7 Å². The third-order valence-corrected chi connectivity index (χ3v) is 4.32. The monoisotopic (exact) mass is 293 g/mol. The number of aromatic amines is 1. The predicted octanol–water partition coefficient (Wildman–Crippen LogP) is 0.244. The van der Waals surface area contributed by atoms with Crippen molar-refractivity contribution in [2.75, 3.05) is 12.3 Å². The highest BCUT2D eigenvalue weighted by Gasteiger charge is 2.10. The van der Waals surface area contributed by atoms with Crippen molar-refractivity contribution in [3.8, 4) is 0 Å². The summed E-state index contributed by atoms with van der Waals surface area (Å²) in [6.07, 6.45) is 0.563. The summed E-state index contributed by atoms with van der Waals surface area (Å²) in [7, 11) is -3.28. The molecule has 8 heteroatoms. The Bertz CT molecular complexity index is 504. The molecule has 104 valence electrons. The first kappa shape index (κ1) is 15.4. The Hall–Kier alpha value is -0.700. The Morgan fingerprint density at radius 2 is 2.17 bits per heavy atom. The SMILES string of the molecule is CC(C)NCCCS(=O)(=O)NCc1csc(=O)[nH]1. The molecule has 0 radical (unpaired) electrons. The zero-order valence-electron chi connectivity index (χ0n) is 10.5. The van der Waals surface area contributed by atoms with E-state index >= 15 is 0 Å². The van der Waals surface area contributed by atoms with Gasteiger partial charge >= 0.3 is 4.87 Å². The first-order valence-corrected chi connectivity index (χ1v) is 8.29. The number of H-pyrrole nitrogens is 1. The first-order valence-electron chi connectivity index (χ1n) is 5.76. The van der Waals surface area contributed by atoms with Gasteiger partial charge in [0.15, 0.2) is 0 Å². The van der Waals surface area contributed by atoms with Crippen LogP contribution in [-0.4, -0.2) is 31.7 Å². The second kappa shape index (κ2) is 7.03. The molecule has 0 bridgehead atoms. The van der Waals surface area contributed by atoms with Crippen LogP contribution in [0, 0.1) is 0 Å². The van der Waals surface area contributed by atoms with Crippen molar-refractivity contribution < 1.29 is 8.42 Å². The van der Waals surface area contributed by atoms with E-state index in [1.165, 1.54) is 0 Å². The molecule has 0 aromatic carbocycles. The summed E-state index contributed by atoms with van der Waals surface area (Å²) in [6, 6.07) is 0.358. The fourth-order valence-corrected chi connectivity index (χ4v) is 2.94. The van der Waals surface area contributed by atoms with Crippen molar-refractivity contribution in [1.82, 2.24) is 15.0 Å². The molecule has 0 amide bonds. The van der Waals surface area contributed by atoms with Gasteiger partial charge in [-0.2, -0.15) is 0 Å². The molecule has 6 nitrogen and oxygen atoms in total. The van der Waals surface area contributed by atoms with E-state index in [4.69, 9.17) is 0 Å². The Kier molecular flexibility index (Phi) is 6.00. The van der Waals surface area contributed by atoms with Gasteiger partial charge in [0, 0.05) is 17.1 Å². The van der Waals surface area contributed by atoms with Gasteiger partial charge in [-0.15, -0.1) is 0 Å². The average Bonchev–Trinajstić information content (AvgIpc) is 2.68. The van der Waals surface area contributed by atoms with Crippen molar-refractivity contribution >= 4 is 21.4 Å². The van der Waals surface area contributed by atoms with Gasteiger partial charge in [-0.1, -0.05) is 25.2 Å². The number of sulfonamides is 1. The number of nitrogens with one attached hydrogen (secondary N) is 3. The highest BCUT2D eigenvalue weighted by atomic mass is 32.2. The van der Waals surface area contributed by atoms with E-state index in [0.717, 1.165) is 11.3 Å². The van der Waals surface area contributed by atoms with E-state index in [9.17, 15) is 13.2 Å². The molecule has 0 saturated heterocycles. The molecular formula is C10H19N3O3S2. The van der Waals surface area contributed by atoms with Crippen LogP contribution < -0.4 is 14.9 Å². The average molecular weight is 293 g/mol. The third kappa shape index (κ3) is 6.29. The van der Waals surface area contributed by atoms with Crippen LogP contribution in [-0.2, 0) is 16.6 Å². The maximum absolute atomic E-state index is 11.6. The van der Waals surface area contributed by atoms with Crippen LogP contribution in [0.2, 0.25) is 0 Å². The van der Waals surface area contributed by atoms with Gasteiger partial charge in [0.2, 0.25) is 10.0 Å². The molecule has 0 spiro atoms. The Balaban J connectivity index is 2.29. The molecule has 0 saturated carbocycles. The van der Waals surface area contributed by atoms with E-state index in [1.807, 2.05) is 13.8 Å². The van der Waals surface area contributed by atoms with Gasteiger partial charge in [0.1, 0.15) is 0 Å². The number of aromatic nitrogens is 1.